The second-order valence-corrected chi connectivity index (χ2v) is 9.06. The zero-order valence-electron chi connectivity index (χ0n) is 12.1. The standard InChI is InChI=1S/C19H17ClP.BrH/c20-16-21(17-10-4-1-5-11-17,18-12-6-2-7-13-18)19-14-8-3-9-15-19;/h1-15H,16H2;1H/q+1;/p-1. The van der Waals surface area contributed by atoms with E-state index in [1.165, 1.54) is 15.9 Å². The highest BCUT2D eigenvalue weighted by Gasteiger charge is 2.44. The van der Waals surface area contributed by atoms with Gasteiger partial charge in [-0.05, 0) is 36.4 Å². The molecule has 0 bridgehead atoms. The molecule has 0 spiro atoms. The van der Waals surface area contributed by atoms with Crippen molar-refractivity contribution in [2.24, 2.45) is 0 Å². The Bertz CT molecular complexity index is 590. The Morgan fingerprint density at radius 1 is 0.545 bits per heavy atom. The third-order valence-electron chi connectivity index (χ3n) is 3.77. The van der Waals surface area contributed by atoms with Gasteiger partial charge in [0.1, 0.15) is 28.8 Å². The topological polar surface area (TPSA) is 0 Å². The van der Waals surface area contributed by atoms with E-state index in [0.717, 1.165) is 0 Å². The van der Waals surface area contributed by atoms with Crippen LogP contribution >= 0.6 is 18.9 Å². The van der Waals surface area contributed by atoms with E-state index in [2.05, 4.69) is 91.0 Å². The van der Waals surface area contributed by atoms with Crippen LogP contribution in [0, 0.1) is 0 Å². The molecular weight excluding hydrogens is 375 g/mol. The van der Waals surface area contributed by atoms with Gasteiger partial charge in [0.2, 0.25) is 0 Å². The van der Waals surface area contributed by atoms with E-state index in [1.807, 2.05) is 0 Å². The van der Waals surface area contributed by atoms with Crippen LogP contribution in [0.1, 0.15) is 0 Å². The van der Waals surface area contributed by atoms with Gasteiger partial charge in [-0.2, -0.15) is 0 Å². The Kier molecular flexibility index (Phi) is 6.20. The molecule has 3 heteroatoms. The van der Waals surface area contributed by atoms with Gasteiger partial charge in [0.15, 0.2) is 0 Å². The first-order valence-corrected chi connectivity index (χ1v) is 9.49. The number of rotatable bonds is 4. The lowest BCUT2D eigenvalue weighted by molar-refractivity contribution is -0.00000397. The van der Waals surface area contributed by atoms with Crippen LogP contribution in [0.3, 0.4) is 0 Å². The minimum Gasteiger partial charge on any atom is -1.00 e. The first-order chi connectivity index (χ1) is 10.4. The summed E-state index contributed by atoms with van der Waals surface area (Å²) in [7, 11) is -1.77. The zero-order chi connectivity index (χ0) is 14.5. The van der Waals surface area contributed by atoms with Crippen molar-refractivity contribution in [1.29, 1.82) is 0 Å². The summed E-state index contributed by atoms with van der Waals surface area (Å²) in [5.41, 5.74) is 0.616. The van der Waals surface area contributed by atoms with Crippen molar-refractivity contribution in [2.75, 3.05) is 5.62 Å². The molecule has 0 aromatic heterocycles. The molecule has 0 saturated carbocycles. The van der Waals surface area contributed by atoms with Gasteiger partial charge in [-0.1, -0.05) is 66.2 Å². The molecule has 0 amide bonds. The Labute approximate surface area is 148 Å². The van der Waals surface area contributed by atoms with E-state index in [0.29, 0.717) is 5.62 Å². The third-order valence-corrected chi connectivity index (χ3v) is 8.74. The lowest BCUT2D eigenvalue weighted by Crippen LogP contribution is -3.00. The molecule has 3 aromatic rings. The Hall–Kier alpha value is -1.14. The van der Waals surface area contributed by atoms with Crippen LogP contribution in [0.2, 0.25) is 0 Å². The van der Waals surface area contributed by atoms with Crippen LogP contribution < -0.4 is 32.9 Å². The fourth-order valence-corrected chi connectivity index (χ4v) is 7.30. The lowest BCUT2D eigenvalue weighted by atomic mass is 10.4. The Morgan fingerprint density at radius 3 is 1.05 bits per heavy atom. The van der Waals surface area contributed by atoms with Crippen molar-refractivity contribution in [3.8, 4) is 0 Å². The summed E-state index contributed by atoms with van der Waals surface area (Å²) < 4.78 is 0. The smallest absolute Gasteiger partial charge is 0.146 e. The summed E-state index contributed by atoms with van der Waals surface area (Å²) in [5, 5.41) is 3.99. The second kappa shape index (κ2) is 7.92. The highest BCUT2D eigenvalue weighted by Crippen LogP contribution is 2.55. The number of hydrogen-bond donors (Lipinski definition) is 0. The molecule has 0 nitrogen and oxygen atoms in total. The van der Waals surface area contributed by atoms with Gasteiger partial charge in [-0.3, -0.25) is 0 Å². The molecule has 22 heavy (non-hydrogen) atoms. The predicted octanol–water partition coefficient (Wildman–Crippen LogP) is 1.18. The number of hydrogen-bond acceptors (Lipinski definition) is 0. The van der Waals surface area contributed by atoms with Crippen molar-refractivity contribution >= 4 is 34.8 Å². The van der Waals surface area contributed by atoms with Gasteiger partial charge in [0.25, 0.3) is 0 Å². The Balaban J connectivity index is 0.00000176. The van der Waals surface area contributed by atoms with Gasteiger partial charge < -0.3 is 17.0 Å². The molecule has 0 atom stereocenters. The van der Waals surface area contributed by atoms with E-state index >= 15 is 0 Å². The molecule has 0 unspecified atom stereocenters. The van der Waals surface area contributed by atoms with E-state index in [9.17, 15) is 0 Å². The van der Waals surface area contributed by atoms with Gasteiger partial charge in [-0.15, -0.1) is 0 Å². The van der Waals surface area contributed by atoms with Crippen LogP contribution in [0.15, 0.2) is 91.0 Å². The minimum absolute atomic E-state index is 0. The van der Waals surface area contributed by atoms with Crippen LogP contribution in [0.5, 0.6) is 0 Å². The second-order valence-electron chi connectivity index (χ2n) is 4.94. The maximum atomic E-state index is 6.58. The molecule has 0 N–H and O–H groups in total. The summed E-state index contributed by atoms with van der Waals surface area (Å²) in [5.74, 6) is 0. The molecule has 0 saturated heterocycles. The van der Waals surface area contributed by atoms with E-state index in [4.69, 9.17) is 11.6 Å². The van der Waals surface area contributed by atoms with Gasteiger partial charge in [0, 0.05) is 0 Å². The van der Waals surface area contributed by atoms with Crippen LogP contribution in [0.25, 0.3) is 0 Å². The van der Waals surface area contributed by atoms with E-state index in [1.54, 1.807) is 0 Å². The van der Waals surface area contributed by atoms with Crippen molar-refractivity contribution < 1.29 is 17.0 Å². The van der Waals surface area contributed by atoms with Crippen molar-refractivity contribution in [3.63, 3.8) is 0 Å². The maximum absolute atomic E-state index is 6.58. The normalized spacial score (nSPS) is 10.8. The minimum atomic E-state index is -1.77. The molecule has 3 aromatic carbocycles. The average molecular weight is 392 g/mol. The van der Waals surface area contributed by atoms with Gasteiger partial charge in [0.05, 0.1) is 0 Å². The molecule has 112 valence electrons. The SMILES string of the molecule is ClC[P+](c1ccccc1)(c1ccccc1)c1ccccc1.[Br-]. The fraction of sp³-hybridized carbons (Fsp3) is 0.0526. The summed E-state index contributed by atoms with van der Waals surface area (Å²) in [6.07, 6.45) is 0. The number of halogens is 2. The van der Waals surface area contributed by atoms with Crippen molar-refractivity contribution in [3.05, 3.63) is 91.0 Å². The molecule has 3 rings (SSSR count). The average Bonchev–Trinajstić information content (AvgIpc) is 2.59. The Morgan fingerprint density at radius 2 is 0.818 bits per heavy atom. The highest BCUT2D eigenvalue weighted by atomic mass is 79.9. The largest absolute Gasteiger partial charge is 1.00 e. The molecule has 0 radical (unpaired) electrons. The monoisotopic (exact) mass is 390 g/mol. The lowest BCUT2D eigenvalue weighted by Gasteiger charge is -2.25. The van der Waals surface area contributed by atoms with Gasteiger partial charge in [-0.25, -0.2) is 0 Å². The van der Waals surface area contributed by atoms with Crippen LogP contribution in [-0.2, 0) is 0 Å². The predicted molar refractivity (Wildman–Crippen MR) is 95.9 cm³/mol. The third kappa shape index (κ3) is 3.13. The molecular formula is C19H17BrClP. The summed E-state index contributed by atoms with van der Waals surface area (Å²) in [6, 6.07) is 32.0. The molecule has 0 heterocycles. The molecule has 0 aliphatic carbocycles. The fourth-order valence-electron chi connectivity index (χ4n) is 2.70. The molecule has 0 aliphatic rings. The van der Waals surface area contributed by atoms with E-state index < -0.39 is 7.26 Å². The highest BCUT2D eigenvalue weighted by molar-refractivity contribution is 7.96. The molecule has 0 fully saturated rings. The van der Waals surface area contributed by atoms with Crippen LogP contribution in [0.4, 0.5) is 0 Å². The summed E-state index contributed by atoms with van der Waals surface area (Å²) in [6.45, 7) is 0. The maximum Gasteiger partial charge on any atom is 0.146 e. The molecule has 0 aliphatic heterocycles. The zero-order valence-corrected chi connectivity index (χ0v) is 15.3. The first-order valence-electron chi connectivity index (χ1n) is 6.99. The number of alkyl halides is 1. The van der Waals surface area contributed by atoms with Crippen molar-refractivity contribution in [1.82, 2.24) is 0 Å². The van der Waals surface area contributed by atoms with Crippen molar-refractivity contribution in [2.45, 2.75) is 0 Å². The van der Waals surface area contributed by atoms with Crippen LogP contribution in [-0.4, -0.2) is 5.62 Å². The quantitative estimate of drug-likeness (QED) is 0.463. The van der Waals surface area contributed by atoms with Gasteiger partial charge >= 0.3 is 0 Å². The first kappa shape index (κ1) is 17.2. The summed E-state index contributed by atoms with van der Waals surface area (Å²) in [4.78, 5) is 0. The summed E-state index contributed by atoms with van der Waals surface area (Å²) >= 11 is 6.58. The number of benzene rings is 3. The van der Waals surface area contributed by atoms with E-state index in [-0.39, 0.29) is 17.0 Å².